The molecule has 1 aliphatic carbocycles. The van der Waals surface area contributed by atoms with E-state index in [4.69, 9.17) is 14.3 Å². The highest BCUT2D eigenvalue weighted by Crippen LogP contribution is 2.33. The van der Waals surface area contributed by atoms with E-state index in [1.807, 2.05) is 32.9 Å². The maximum atomic E-state index is 12.5. The third kappa shape index (κ3) is 5.00. The van der Waals surface area contributed by atoms with Crippen LogP contribution in [0.4, 0.5) is 0 Å². The second-order valence-corrected chi connectivity index (χ2v) is 7.82. The number of carboxylic acids is 1. The van der Waals surface area contributed by atoms with Crippen LogP contribution in [0.15, 0.2) is 28.9 Å². The minimum Gasteiger partial charge on any atom is -0.493 e. The number of nitrogens with one attached hydrogen (secondary N) is 1. The lowest BCUT2D eigenvalue weighted by molar-refractivity contribution is -0.143. The molecule has 3 rings (SSSR count). The molecule has 0 unspecified atom stereocenters. The molecular weight excluding hydrogens is 370 g/mol. The quantitative estimate of drug-likeness (QED) is 0.667. The van der Waals surface area contributed by atoms with Crippen molar-refractivity contribution in [3.05, 3.63) is 35.6 Å². The van der Waals surface area contributed by atoms with Crippen LogP contribution in [0.3, 0.4) is 0 Å². The van der Waals surface area contributed by atoms with Crippen LogP contribution in [0.2, 0.25) is 0 Å². The summed E-state index contributed by atoms with van der Waals surface area (Å²) in [5, 5.41) is 13.1. The summed E-state index contributed by atoms with van der Waals surface area (Å²) < 4.78 is 11.3. The number of rotatable bonds is 7. The topological polar surface area (TPSA) is 88.8 Å². The van der Waals surface area contributed by atoms with E-state index in [9.17, 15) is 9.59 Å². The van der Waals surface area contributed by atoms with Crippen LogP contribution in [-0.2, 0) is 9.59 Å². The van der Waals surface area contributed by atoms with Crippen molar-refractivity contribution in [2.45, 2.75) is 46.5 Å². The Kier molecular flexibility index (Phi) is 6.62. The number of fused-ring (bicyclic) bond motifs is 1. The summed E-state index contributed by atoms with van der Waals surface area (Å²) in [5.41, 5.74) is 3.51. The van der Waals surface area contributed by atoms with Crippen molar-refractivity contribution in [1.82, 2.24) is 5.32 Å². The van der Waals surface area contributed by atoms with Gasteiger partial charge in [0.25, 0.3) is 0 Å². The largest absolute Gasteiger partial charge is 0.493 e. The molecule has 1 aromatic carbocycles. The number of hydrogen-bond donors (Lipinski definition) is 2. The minimum absolute atomic E-state index is 0.144. The third-order valence-corrected chi connectivity index (χ3v) is 5.70. The average molecular weight is 399 g/mol. The van der Waals surface area contributed by atoms with E-state index in [1.54, 1.807) is 12.3 Å². The van der Waals surface area contributed by atoms with Crippen LogP contribution < -0.4 is 10.1 Å². The van der Waals surface area contributed by atoms with Gasteiger partial charge in [0.2, 0.25) is 5.91 Å². The maximum Gasteiger partial charge on any atom is 0.306 e. The molecule has 0 spiro atoms. The van der Waals surface area contributed by atoms with Crippen LogP contribution in [0.25, 0.3) is 16.5 Å². The summed E-state index contributed by atoms with van der Waals surface area (Å²) in [6.07, 6.45) is 6.37. The predicted molar refractivity (Wildman–Crippen MR) is 112 cm³/mol. The molecule has 6 nitrogen and oxygen atoms in total. The molecule has 0 saturated heterocycles. The molecule has 1 aromatic heterocycles. The van der Waals surface area contributed by atoms with Gasteiger partial charge in [-0.25, -0.2) is 0 Å². The molecule has 1 heterocycles. The van der Waals surface area contributed by atoms with Gasteiger partial charge in [0.05, 0.1) is 18.8 Å². The van der Waals surface area contributed by atoms with Gasteiger partial charge < -0.3 is 19.6 Å². The average Bonchev–Trinajstić information content (AvgIpc) is 3.06. The number of amides is 1. The zero-order valence-corrected chi connectivity index (χ0v) is 17.3. The Morgan fingerprint density at radius 2 is 2.00 bits per heavy atom. The molecule has 2 N–H and O–H groups in total. The van der Waals surface area contributed by atoms with E-state index >= 15 is 0 Å². The van der Waals surface area contributed by atoms with Gasteiger partial charge >= 0.3 is 5.97 Å². The van der Waals surface area contributed by atoms with Crippen LogP contribution in [0.1, 0.15) is 50.7 Å². The van der Waals surface area contributed by atoms with E-state index in [0.717, 1.165) is 40.5 Å². The Morgan fingerprint density at radius 1 is 1.28 bits per heavy atom. The first-order chi connectivity index (χ1) is 13.9. The molecule has 0 aliphatic heterocycles. The first kappa shape index (κ1) is 21.0. The van der Waals surface area contributed by atoms with Gasteiger partial charge in [0.1, 0.15) is 11.3 Å². The van der Waals surface area contributed by atoms with Gasteiger partial charge in [-0.2, -0.15) is 0 Å². The second kappa shape index (κ2) is 9.16. The van der Waals surface area contributed by atoms with Crippen molar-refractivity contribution in [2.75, 3.05) is 13.2 Å². The lowest BCUT2D eigenvalue weighted by Crippen LogP contribution is -2.31. The summed E-state index contributed by atoms with van der Waals surface area (Å²) in [5.74, 6) is -0.0484. The molecule has 1 fully saturated rings. The molecule has 0 atom stereocenters. The fourth-order valence-electron chi connectivity index (χ4n) is 3.95. The summed E-state index contributed by atoms with van der Waals surface area (Å²) in [6, 6.07) is 3.88. The zero-order chi connectivity index (χ0) is 21.0. The van der Waals surface area contributed by atoms with E-state index in [-0.39, 0.29) is 11.8 Å². The number of hydrogen-bond acceptors (Lipinski definition) is 4. The molecule has 0 bridgehead atoms. The molecule has 29 heavy (non-hydrogen) atoms. The number of carbonyl (C=O) groups excluding carboxylic acids is 1. The number of allylic oxidation sites excluding steroid dienone is 1. The van der Waals surface area contributed by atoms with Gasteiger partial charge in [-0.3, -0.25) is 9.59 Å². The SMILES string of the molecule is CCOc1cc2occ(C)c2cc1/C(C)=C/C(=O)NCC1CCC(C(=O)O)CC1. The highest BCUT2D eigenvalue weighted by molar-refractivity contribution is 5.97. The Hall–Kier alpha value is -2.76. The van der Waals surface area contributed by atoms with Gasteiger partial charge in [0.15, 0.2) is 0 Å². The van der Waals surface area contributed by atoms with Gasteiger partial charge in [0, 0.05) is 29.6 Å². The Morgan fingerprint density at radius 3 is 2.66 bits per heavy atom. The van der Waals surface area contributed by atoms with Crippen molar-refractivity contribution in [3.63, 3.8) is 0 Å². The van der Waals surface area contributed by atoms with Crippen LogP contribution >= 0.6 is 0 Å². The fraction of sp³-hybridized carbons (Fsp3) is 0.478. The monoisotopic (exact) mass is 399 g/mol. The van der Waals surface area contributed by atoms with Gasteiger partial charge in [-0.1, -0.05) is 0 Å². The number of benzene rings is 1. The molecular formula is C23H29NO5. The molecule has 0 radical (unpaired) electrons. The summed E-state index contributed by atoms with van der Waals surface area (Å²) in [4.78, 5) is 23.5. The molecule has 1 aliphatic rings. The number of carbonyl (C=O) groups is 2. The lowest BCUT2D eigenvalue weighted by atomic mass is 9.82. The van der Waals surface area contributed by atoms with E-state index in [2.05, 4.69) is 5.32 Å². The van der Waals surface area contributed by atoms with E-state index in [1.165, 1.54) is 0 Å². The number of ether oxygens (including phenoxy) is 1. The first-order valence-electron chi connectivity index (χ1n) is 10.2. The number of carboxylic acid groups (broad SMARTS) is 1. The molecule has 6 heteroatoms. The van der Waals surface area contributed by atoms with Crippen LogP contribution in [0, 0.1) is 18.8 Å². The highest BCUT2D eigenvalue weighted by atomic mass is 16.5. The van der Waals surface area contributed by atoms with Gasteiger partial charge in [-0.15, -0.1) is 0 Å². The highest BCUT2D eigenvalue weighted by Gasteiger charge is 2.25. The first-order valence-corrected chi connectivity index (χ1v) is 10.2. The van der Waals surface area contributed by atoms with Crippen LogP contribution in [-0.4, -0.2) is 30.1 Å². The minimum atomic E-state index is -0.707. The lowest BCUT2D eigenvalue weighted by Gasteiger charge is -2.26. The molecule has 1 amide bonds. The van der Waals surface area contributed by atoms with Crippen molar-refractivity contribution in [1.29, 1.82) is 0 Å². The predicted octanol–water partition coefficient (Wildman–Crippen LogP) is 4.55. The fourth-order valence-corrected chi connectivity index (χ4v) is 3.95. The Balaban J connectivity index is 1.67. The molecule has 156 valence electrons. The Labute approximate surface area is 170 Å². The van der Waals surface area contributed by atoms with Crippen LogP contribution in [0.5, 0.6) is 5.75 Å². The normalized spacial score (nSPS) is 19.9. The number of aryl methyl sites for hydroxylation is 1. The second-order valence-electron chi connectivity index (χ2n) is 7.82. The summed E-state index contributed by atoms with van der Waals surface area (Å²) in [6.45, 7) is 6.91. The van der Waals surface area contributed by atoms with E-state index in [0.29, 0.717) is 37.7 Å². The smallest absolute Gasteiger partial charge is 0.306 e. The van der Waals surface area contributed by atoms with Crippen molar-refractivity contribution < 1.29 is 23.8 Å². The van der Waals surface area contributed by atoms with Crippen molar-refractivity contribution >= 4 is 28.4 Å². The standard InChI is InChI=1S/C23H29NO5/c1-4-28-20-11-21-19(15(3)13-29-21)10-18(20)14(2)9-22(25)24-12-16-5-7-17(8-6-16)23(26)27/h9-11,13,16-17H,4-8,12H2,1-3H3,(H,24,25)(H,26,27)/b14-9+. The number of aliphatic carboxylic acids is 1. The van der Waals surface area contributed by atoms with Crippen molar-refractivity contribution in [3.8, 4) is 5.75 Å². The maximum absolute atomic E-state index is 12.5. The number of furan rings is 1. The summed E-state index contributed by atoms with van der Waals surface area (Å²) in [7, 11) is 0. The zero-order valence-electron chi connectivity index (χ0n) is 17.3. The van der Waals surface area contributed by atoms with E-state index < -0.39 is 5.97 Å². The van der Waals surface area contributed by atoms with Gasteiger partial charge in [-0.05, 0) is 69.6 Å². The third-order valence-electron chi connectivity index (χ3n) is 5.70. The molecule has 2 aromatic rings. The Bertz CT molecular complexity index is 919. The molecule has 1 saturated carbocycles. The summed E-state index contributed by atoms with van der Waals surface area (Å²) >= 11 is 0. The van der Waals surface area contributed by atoms with Crippen molar-refractivity contribution in [2.24, 2.45) is 11.8 Å².